The Bertz CT molecular complexity index is 773. The van der Waals surface area contributed by atoms with Crippen LogP contribution in [0.3, 0.4) is 0 Å². The Labute approximate surface area is 140 Å². The molecule has 0 saturated heterocycles. The van der Waals surface area contributed by atoms with Crippen molar-refractivity contribution in [1.82, 2.24) is 14.8 Å². The molecule has 0 aromatic carbocycles. The lowest BCUT2D eigenvalue weighted by Crippen LogP contribution is -2.45. The molecule has 0 spiro atoms. The number of aryl methyl sites for hydroxylation is 2. The van der Waals surface area contributed by atoms with Gasteiger partial charge < -0.3 is 14.9 Å². The summed E-state index contributed by atoms with van der Waals surface area (Å²) in [6.45, 7) is 6.35. The van der Waals surface area contributed by atoms with Crippen molar-refractivity contribution >= 4 is 5.97 Å². The highest BCUT2D eigenvalue weighted by molar-refractivity contribution is 5.87. The van der Waals surface area contributed by atoms with Crippen molar-refractivity contribution in [2.45, 2.75) is 38.9 Å². The zero-order chi connectivity index (χ0) is 18.3. The molecule has 2 aromatic rings. The molecular weight excluding hydrogens is 310 g/mol. The van der Waals surface area contributed by atoms with Gasteiger partial charge in [0.05, 0.1) is 24.1 Å². The quantitative estimate of drug-likeness (QED) is 0.824. The summed E-state index contributed by atoms with van der Waals surface area (Å²) >= 11 is 0. The summed E-state index contributed by atoms with van der Waals surface area (Å²) < 4.78 is 6.28. The van der Waals surface area contributed by atoms with Crippen molar-refractivity contribution in [3.63, 3.8) is 0 Å². The molecule has 0 aliphatic heterocycles. The van der Waals surface area contributed by atoms with E-state index >= 15 is 0 Å². The van der Waals surface area contributed by atoms with Gasteiger partial charge in [-0.05, 0) is 45.9 Å². The number of carbonyl (C=O) groups is 1. The maximum absolute atomic E-state index is 11.6. The molecule has 2 rings (SSSR count). The molecule has 0 bridgehead atoms. The fourth-order valence-corrected chi connectivity index (χ4v) is 2.32. The van der Waals surface area contributed by atoms with Crippen LogP contribution in [0.25, 0.3) is 11.3 Å². The van der Waals surface area contributed by atoms with Gasteiger partial charge in [0.2, 0.25) is 0 Å². The fourth-order valence-electron chi connectivity index (χ4n) is 2.32. The Hall–Kier alpha value is -2.25. The molecule has 0 saturated carbocycles. The van der Waals surface area contributed by atoms with E-state index in [9.17, 15) is 15.0 Å². The van der Waals surface area contributed by atoms with Crippen LogP contribution in [-0.4, -0.2) is 43.7 Å². The third kappa shape index (κ3) is 3.05. The number of aliphatic hydroxyl groups is 2. The molecule has 0 aliphatic rings. The van der Waals surface area contributed by atoms with Crippen molar-refractivity contribution in [1.29, 1.82) is 0 Å². The Morgan fingerprint density at radius 3 is 2.38 bits per heavy atom. The van der Waals surface area contributed by atoms with E-state index in [1.54, 1.807) is 36.9 Å². The molecule has 2 N–H and O–H groups in total. The highest BCUT2D eigenvalue weighted by Gasteiger charge is 2.41. The SMILES string of the molecule is COC(=O)c1ccc(-c2cc(C(C)(O)C(C)(C)O)nn2C)c(C)n1. The van der Waals surface area contributed by atoms with E-state index in [4.69, 9.17) is 0 Å². The van der Waals surface area contributed by atoms with Crippen molar-refractivity contribution in [3.05, 3.63) is 35.3 Å². The van der Waals surface area contributed by atoms with Crippen LogP contribution in [0.4, 0.5) is 0 Å². The smallest absolute Gasteiger partial charge is 0.356 e. The molecule has 1 atom stereocenters. The lowest BCUT2D eigenvalue weighted by molar-refractivity contribution is -0.128. The van der Waals surface area contributed by atoms with Crippen LogP contribution in [0.15, 0.2) is 18.2 Å². The second-order valence-electron chi connectivity index (χ2n) is 6.49. The van der Waals surface area contributed by atoms with Crippen LogP contribution in [0.5, 0.6) is 0 Å². The van der Waals surface area contributed by atoms with Gasteiger partial charge in [-0.2, -0.15) is 5.10 Å². The number of rotatable bonds is 4. The standard InChI is InChI=1S/C17H23N3O4/c1-10-11(7-8-12(18-10)15(21)24-6)13-9-14(19-20(13)5)17(4,23)16(2,3)22/h7-9,22-23H,1-6H3. The van der Waals surface area contributed by atoms with Crippen LogP contribution in [-0.2, 0) is 17.4 Å². The zero-order valence-electron chi connectivity index (χ0n) is 14.8. The summed E-state index contributed by atoms with van der Waals surface area (Å²) in [4.78, 5) is 15.8. The minimum atomic E-state index is -1.52. The average molecular weight is 333 g/mol. The molecular formula is C17H23N3O4. The van der Waals surface area contributed by atoms with Gasteiger partial charge >= 0.3 is 5.97 Å². The van der Waals surface area contributed by atoms with Gasteiger partial charge in [-0.15, -0.1) is 0 Å². The summed E-state index contributed by atoms with van der Waals surface area (Å²) in [5.74, 6) is -0.500. The molecule has 2 heterocycles. The van der Waals surface area contributed by atoms with Crippen molar-refractivity contribution < 1.29 is 19.7 Å². The Morgan fingerprint density at radius 1 is 1.25 bits per heavy atom. The van der Waals surface area contributed by atoms with Crippen molar-refractivity contribution in [2.24, 2.45) is 7.05 Å². The molecule has 0 amide bonds. The minimum absolute atomic E-state index is 0.227. The molecule has 2 aromatic heterocycles. The number of methoxy groups -OCH3 is 1. The molecule has 1 unspecified atom stereocenters. The molecule has 24 heavy (non-hydrogen) atoms. The first kappa shape index (κ1) is 18.1. The van der Waals surface area contributed by atoms with Crippen LogP contribution in [0, 0.1) is 6.92 Å². The van der Waals surface area contributed by atoms with Crippen LogP contribution in [0.2, 0.25) is 0 Å². The predicted octanol–water partition coefficient (Wildman–Crippen LogP) is 1.56. The first-order valence-corrected chi connectivity index (χ1v) is 7.54. The molecule has 7 heteroatoms. The summed E-state index contributed by atoms with van der Waals surface area (Å²) in [5, 5.41) is 25.1. The fraction of sp³-hybridized carbons (Fsp3) is 0.471. The summed E-state index contributed by atoms with van der Waals surface area (Å²) in [7, 11) is 3.05. The van der Waals surface area contributed by atoms with E-state index in [1.165, 1.54) is 27.9 Å². The average Bonchev–Trinajstić information content (AvgIpc) is 2.87. The van der Waals surface area contributed by atoms with E-state index in [0.29, 0.717) is 11.4 Å². The maximum Gasteiger partial charge on any atom is 0.356 e. The van der Waals surface area contributed by atoms with Gasteiger partial charge in [0.25, 0.3) is 0 Å². The lowest BCUT2D eigenvalue weighted by atomic mass is 9.84. The lowest BCUT2D eigenvalue weighted by Gasteiger charge is -2.33. The second-order valence-corrected chi connectivity index (χ2v) is 6.49. The molecule has 0 radical (unpaired) electrons. The first-order chi connectivity index (χ1) is 11.0. The molecule has 7 nitrogen and oxygen atoms in total. The monoisotopic (exact) mass is 333 g/mol. The number of pyridine rings is 1. The number of ether oxygens (including phenoxy) is 1. The van der Waals surface area contributed by atoms with E-state index < -0.39 is 17.2 Å². The molecule has 0 fully saturated rings. The highest BCUT2D eigenvalue weighted by atomic mass is 16.5. The van der Waals surface area contributed by atoms with E-state index in [1.807, 2.05) is 0 Å². The van der Waals surface area contributed by atoms with Crippen molar-refractivity contribution in [2.75, 3.05) is 7.11 Å². The number of esters is 1. The van der Waals surface area contributed by atoms with Gasteiger partial charge in [-0.3, -0.25) is 4.68 Å². The predicted molar refractivity (Wildman–Crippen MR) is 88.4 cm³/mol. The second kappa shape index (κ2) is 5.99. The first-order valence-electron chi connectivity index (χ1n) is 7.54. The maximum atomic E-state index is 11.6. The van der Waals surface area contributed by atoms with Crippen LogP contribution < -0.4 is 0 Å². The summed E-state index contributed by atoms with van der Waals surface area (Å²) in [6, 6.07) is 5.04. The van der Waals surface area contributed by atoms with Gasteiger partial charge in [-0.1, -0.05) is 0 Å². The largest absolute Gasteiger partial charge is 0.464 e. The van der Waals surface area contributed by atoms with Crippen molar-refractivity contribution in [3.8, 4) is 11.3 Å². The third-order valence-corrected chi connectivity index (χ3v) is 4.33. The zero-order valence-corrected chi connectivity index (χ0v) is 14.8. The molecule has 130 valence electrons. The highest BCUT2D eigenvalue weighted by Crippen LogP contribution is 2.34. The van der Waals surface area contributed by atoms with E-state index in [-0.39, 0.29) is 5.69 Å². The van der Waals surface area contributed by atoms with Crippen LogP contribution >= 0.6 is 0 Å². The number of hydrogen-bond donors (Lipinski definition) is 2. The topological polar surface area (TPSA) is 97.5 Å². The number of hydrogen-bond acceptors (Lipinski definition) is 6. The van der Waals surface area contributed by atoms with Gasteiger partial charge in [0, 0.05) is 18.3 Å². The number of aromatic nitrogens is 3. The summed E-state index contributed by atoms with van der Waals surface area (Å²) in [5.41, 5.74) is -0.174. The van der Waals surface area contributed by atoms with Gasteiger partial charge in [0.1, 0.15) is 11.3 Å². The summed E-state index contributed by atoms with van der Waals surface area (Å²) in [6.07, 6.45) is 0. The van der Waals surface area contributed by atoms with Gasteiger partial charge in [0.15, 0.2) is 0 Å². The van der Waals surface area contributed by atoms with Gasteiger partial charge in [-0.25, -0.2) is 9.78 Å². The Kier molecular flexibility index (Phi) is 4.52. The minimum Gasteiger partial charge on any atom is -0.464 e. The van der Waals surface area contributed by atoms with E-state index in [0.717, 1.165) is 11.3 Å². The Morgan fingerprint density at radius 2 is 1.88 bits per heavy atom. The third-order valence-electron chi connectivity index (χ3n) is 4.33. The Balaban J connectivity index is 2.50. The number of carbonyl (C=O) groups excluding carboxylic acids is 1. The number of nitrogens with zero attached hydrogens (tertiary/aromatic N) is 3. The normalized spacial score (nSPS) is 14.3. The molecule has 0 aliphatic carbocycles. The van der Waals surface area contributed by atoms with Crippen LogP contribution in [0.1, 0.15) is 42.6 Å². The van der Waals surface area contributed by atoms with E-state index in [2.05, 4.69) is 14.8 Å².